The number of rotatable bonds is 4. The van der Waals surface area contributed by atoms with Crippen LogP contribution in [0.5, 0.6) is 0 Å². The molecule has 0 aliphatic carbocycles. The van der Waals surface area contributed by atoms with Crippen molar-refractivity contribution >= 4 is 27.7 Å². The van der Waals surface area contributed by atoms with E-state index < -0.39 is 10.0 Å². The number of sulfonamides is 1. The summed E-state index contributed by atoms with van der Waals surface area (Å²) in [5, 5.41) is 3.43. The maximum atomic E-state index is 12.6. The third-order valence-electron chi connectivity index (χ3n) is 3.81. The topological polar surface area (TPSA) is 69.7 Å². The Morgan fingerprint density at radius 2 is 1.83 bits per heavy atom. The lowest BCUT2D eigenvalue weighted by Gasteiger charge is -2.23. The van der Waals surface area contributed by atoms with Gasteiger partial charge in [-0.25, -0.2) is 13.2 Å². The Labute approximate surface area is 148 Å². The Morgan fingerprint density at radius 3 is 2.46 bits per heavy atom. The zero-order valence-corrected chi connectivity index (χ0v) is 15.6. The fourth-order valence-corrected chi connectivity index (χ4v) is 4.29. The van der Waals surface area contributed by atoms with Crippen LogP contribution in [0.4, 0.5) is 4.79 Å². The van der Waals surface area contributed by atoms with Crippen molar-refractivity contribution in [3.8, 4) is 0 Å². The second-order valence-electron chi connectivity index (χ2n) is 6.23. The molecule has 1 N–H and O–H groups in total. The van der Waals surface area contributed by atoms with Gasteiger partial charge >= 0.3 is 6.03 Å². The molecule has 1 aliphatic rings. The smallest absolute Gasteiger partial charge is 0.317 e. The van der Waals surface area contributed by atoms with Gasteiger partial charge in [0.2, 0.25) is 10.0 Å². The molecule has 1 aromatic rings. The lowest BCUT2D eigenvalue weighted by atomic mass is 10.2. The van der Waals surface area contributed by atoms with Gasteiger partial charge in [0.05, 0.1) is 5.75 Å². The minimum absolute atomic E-state index is 0.0532. The highest BCUT2D eigenvalue weighted by Crippen LogP contribution is 2.16. The number of carbonyl (C=O) groups is 1. The lowest BCUT2D eigenvalue weighted by molar-refractivity contribution is 0.198. The summed E-state index contributed by atoms with van der Waals surface area (Å²) in [6.45, 7) is 5.52. The van der Waals surface area contributed by atoms with E-state index in [1.165, 1.54) is 4.31 Å². The highest BCUT2D eigenvalue weighted by Gasteiger charge is 2.27. The first kappa shape index (κ1) is 19.0. The molecule has 8 heteroatoms. The van der Waals surface area contributed by atoms with Gasteiger partial charge in [0.25, 0.3) is 0 Å². The van der Waals surface area contributed by atoms with E-state index in [1.54, 1.807) is 29.2 Å². The Bertz CT molecular complexity index is 662. The molecule has 0 spiro atoms. The number of carbonyl (C=O) groups excluding carboxylic acids is 1. The van der Waals surface area contributed by atoms with Crippen molar-refractivity contribution in [2.45, 2.75) is 32.1 Å². The molecule has 0 bridgehead atoms. The molecule has 1 saturated heterocycles. The molecule has 1 aliphatic heterocycles. The minimum Gasteiger partial charge on any atom is -0.336 e. The third-order valence-corrected chi connectivity index (χ3v) is 5.91. The summed E-state index contributed by atoms with van der Waals surface area (Å²) in [5.41, 5.74) is 0.707. The van der Waals surface area contributed by atoms with E-state index in [0.29, 0.717) is 43.2 Å². The zero-order chi connectivity index (χ0) is 17.7. The fourth-order valence-electron chi connectivity index (χ4n) is 2.60. The normalized spacial score (nSPS) is 16.9. The van der Waals surface area contributed by atoms with Gasteiger partial charge in [0.1, 0.15) is 0 Å². The van der Waals surface area contributed by atoms with Crippen LogP contribution in [-0.4, -0.2) is 55.9 Å². The maximum Gasteiger partial charge on any atom is 0.317 e. The Balaban J connectivity index is 1.99. The van der Waals surface area contributed by atoms with Crippen LogP contribution in [0.15, 0.2) is 24.3 Å². The van der Waals surface area contributed by atoms with Crippen LogP contribution in [0.1, 0.15) is 25.8 Å². The van der Waals surface area contributed by atoms with Gasteiger partial charge in [0.15, 0.2) is 0 Å². The van der Waals surface area contributed by atoms with Crippen LogP contribution >= 0.6 is 11.6 Å². The molecule has 0 atom stereocenters. The molecule has 134 valence electrons. The van der Waals surface area contributed by atoms with E-state index in [2.05, 4.69) is 5.32 Å². The molecule has 0 aromatic heterocycles. The molecular weight excluding hydrogens is 350 g/mol. The van der Waals surface area contributed by atoms with Gasteiger partial charge in [-0.3, -0.25) is 0 Å². The van der Waals surface area contributed by atoms with Crippen molar-refractivity contribution in [3.05, 3.63) is 34.9 Å². The third kappa shape index (κ3) is 5.36. The van der Waals surface area contributed by atoms with Crippen LogP contribution in [0, 0.1) is 0 Å². The Kier molecular flexibility index (Phi) is 6.48. The fraction of sp³-hybridized carbons (Fsp3) is 0.562. The number of hydrogen-bond acceptors (Lipinski definition) is 3. The van der Waals surface area contributed by atoms with Crippen LogP contribution in [0.25, 0.3) is 0 Å². The molecule has 1 heterocycles. The highest BCUT2D eigenvalue weighted by atomic mass is 35.5. The number of amides is 2. The van der Waals surface area contributed by atoms with Crippen molar-refractivity contribution in [1.29, 1.82) is 0 Å². The molecule has 1 fully saturated rings. The van der Waals surface area contributed by atoms with Crippen LogP contribution in [-0.2, 0) is 15.8 Å². The van der Waals surface area contributed by atoms with E-state index in [4.69, 9.17) is 11.6 Å². The molecular formula is C16H24ClN3O3S. The summed E-state index contributed by atoms with van der Waals surface area (Å²) < 4.78 is 26.7. The second-order valence-corrected chi connectivity index (χ2v) is 8.63. The van der Waals surface area contributed by atoms with Crippen molar-refractivity contribution in [2.75, 3.05) is 26.2 Å². The standard InChI is InChI=1S/C16H24ClN3O3S/c1-13(2)18-16(21)19-8-3-9-20(11-10-19)24(22,23)12-14-4-6-15(17)7-5-14/h4-7,13H,3,8-12H2,1-2H3,(H,18,21). The molecule has 0 unspecified atom stereocenters. The second kappa shape index (κ2) is 8.18. The Hall–Kier alpha value is -1.31. The molecule has 24 heavy (non-hydrogen) atoms. The molecule has 0 radical (unpaired) electrons. The maximum absolute atomic E-state index is 12.6. The first-order chi connectivity index (χ1) is 11.3. The van der Waals surface area contributed by atoms with Gasteiger partial charge < -0.3 is 10.2 Å². The predicted molar refractivity (Wildman–Crippen MR) is 95.5 cm³/mol. The van der Waals surface area contributed by atoms with Gasteiger partial charge in [-0.1, -0.05) is 23.7 Å². The summed E-state index contributed by atoms with van der Waals surface area (Å²) >= 11 is 5.83. The summed E-state index contributed by atoms with van der Waals surface area (Å²) in [6.07, 6.45) is 0.630. The molecule has 1 aromatic carbocycles. The number of nitrogens with one attached hydrogen (secondary N) is 1. The van der Waals surface area contributed by atoms with Crippen molar-refractivity contribution in [1.82, 2.24) is 14.5 Å². The minimum atomic E-state index is -3.41. The summed E-state index contributed by atoms with van der Waals surface area (Å²) in [5.74, 6) is -0.0532. The molecule has 2 rings (SSSR count). The number of nitrogens with zero attached hydrogens (tertiary/aromatic N) is 2. The van der Waals surface area contributed by atoms with E-state index in [0.717, 1.165) is 0 Å². The van der Waals surface area contributed by atoms with Crippen LogP contribution < -0.4 is 5.32 Å². The summed E-state index contributed by atoms with van der Waals surface area (Å²) in [7, 11) is -3.41. The lowest BCUT2D eigenvalue weighted by Crippen LogP contribution is -2.44. The van der Waals surface area contributed by atoms with Crippen LogP contribution in [0.2, 0.25) is 5.02 Å². The van der Waals surface area contributed by atoms with Crippen molar-refractivity contribution in [2.24, 2.45) is 0 Å². The first-order valence-corrected chi connectivity index (χ1v) is 10.0. The van der Waals surface area contributed by atoms with Gasteiger partial charge in [-0.2, -0.15) is 4.31 Å². The molecule has 6 nitrogen and oxygen atoms in total. The number of hydrogen-bond donors (Lipinski definition) is 1. The van der Waals surface area contributed by atoms with Crippen molar-refractivity contribution in [3.63, 3.8) is 0 Å². The van der Waals surface area contributed by atoms with Gasteiger partial charge in [0, 0.05) is 37.2 Å². The number of urea groups is 1. The highest BCUT2D eigenvalue weighted by molar-refractivity contribution is 7.88. The summed E-state index contributed by atoms with van der Waals surface area (Å²) in [6, 6.07) is 6.74. The van der Waals surface area contributed by atoms with E-state index in [1.807, 2.05) is 13.8 Å². The number of halogens is 1. The average molecular weight is 374 g/mol. The summed E-state index contributed by atoms with van der Waals surface area (Å²) in [4.78, 5) is 13.8. The monoisotopic (exact) mass is 373 g/mol. The van der Waals surface area contributed by atoms with E-state index in [9.17, 15) is 13.2 Å². The largest absolute Gasteiger partial charge is 0.336 e. The quantitative estimate of drug-likeness (QED) is 0.880. The first-order valence-electron chi connectivity index (χ1n) is 8.05. The predicted octanol–water partition coefficient (Wildman–Crippen LogP) is 2.30. The van der Waals surface area contributed by atoms with Crippen molar-refractivity contribution < 1.29 is 13.2 Å². The van der Waals surface area contributed by atoms with Gasteiger partial charge in [-0.05, 0) is 38.0 Å². The molecule has 2 amide bonds. The average Bonchev–Trinajstić information content (AvgIpc) is 2.75. The van der Waals surface area contributed by atoms with Gasteiger partial charge in [-0.15, -0.1) is 0 Å². The zero-order valence-electron chi connectivity index (χ0n) is 14.0. The Morgan fingerprint density at radius 1 is 1.17 bits per heavy atom. The van der Waals surface area contributed by atoms with E-state index >= 15 is 0 Å². The SMILES string of the molecule is CC(C)NC(=O)N1CCCN(S(=O)(=O)Cc2ccc(Cl)cc2)CC1. The number of benzene rings is 1. The molecule has 0 saturated carbocycles. The van der Waals surface area contributed by atoms with Crippen LogP contribution in [0.3, 0.4) is 0 Å². The van der Waals surface area contributed by atoms with E-state index in [-0.39, 0.29) is 17.8 Å².